The molecule has 2 N–H and O–H groups in total. The maximum absolute atomic E-state index is 13.7. The Balaban J connectivity index is 1.95. The van der Waals surface area contributed by atoms with Crippen molar-refractivity contribution in [2.45, 2.75) is 65.0 Å². The lowest BCUT2D eigenvalue weighted by Crippen LogP contribution is -2.58. The minimum Gasteiger partial charge on any atom is -0.508 e. The molecule has 2 aromatic rings. The third-order valence-electron chi connectivity index (χ3n) is 6.53. The molecule has 4 atom stereocenters. The molecule has 1 saturated carbocycles. The molecular formula is C26H35N3O4. The summed E-state index contributed by atoms with van der Waals surface area (Å²) in [5, 5.41) is 19.8. The minimum absolute atomic E-state index is 0.0381. The van der Waals surface area contributed by atoms with E-state index in [1.54, 1.807) is 35.4 Å². The maximum atomic E-state index is 13.7. The van der Waals surface area contributed by atoms with Crippen molar-refractivity contribution in [1.82, 2.24) is 9.88 Å². The smallest absolute Gasteiger partial charge is 0.408 e. The molecule has 33 heavy (non-hydrogen) atoms. The molecule has 1 aromatic heterocycles. The van der Waals surface area contributed by atoms with E-state index in [2.05, 4.69) is 4.98 Å². The standard InChI is InChI=1S/C26H35N3O4/c1-6-17(2)23(29(25(32)33)26(3,4)5)16-28(18-10-12-19(30)13-11-18)24(31)21-15-20(21)22-9-7-8-14-27-22/h7-14,17,20-21,23,30H,6,15-16H2,1-5H3,(H,32,33)/t17-,20+,21+,23+/m0/s1. The molecule has 2 amide bonds. The first-order valence-corrected chi connectivity index (χ1v) is 11.6. The van der Waals surface area contributed by atoms with E-state index < -0.39 is 17.7 Å². The summed E-state index contributed by atoms with van der Waals surface area (Å²) in [6.45, 7) is 9.93. The molecule has 1 fully saturated rings. The predicted octanol–water partition coefficient (Wildman–Crippen LogP) is 5.12. The number of hydrogen-bond acceptors (Lipinski definition) is 4. The number of amides is 2. The van der Waals surface area contributed by atoms with Gasteiger partial charge in [0.1, 0.15) is 5.75 Å². The molecule has 1 aliphatic carbocycles. The second-order valence-corrected chi connectivity index (χ2v) is 9.94. The average molecular weight is 454 g/mol. The first kappa shape index (κ1) is 24.6. The van der Waals surface area contributed by atoms with Crippen LogP contribution in [-0.2, 0) is 4.79 Å². The fourth-order valence-electron chi connectivity index (χ4n) is 4.45. The lowest BCUT2D eigenvalue weighted by Gasteiger charge is -2.44. The highest BCUT2D eigenvalue weighted by atomic mass is 16.4. The van der Waals surface area contributed by atoms with E-state index in [4.69, 9.17) is 0 Å². The van der Waals surface area contributed by atoms with Gasteiger partial charge in [-0.05, 0) is 69.5 Å². The van der Waals surface area contributed by atoms with Crippen molar-refractivity contribution in [3.63, 3.8) is 0 Å². The van der Waals surface area contributed by atoms with E-state index in [-0.39, 0.29) is 36.0 Å². The van der Waals surface area contributed by atoms with Crippen LogP contribution in [0.1, 0.15) is 59.1 Å². The lowest BCUT2D eigenvalue weighted by molar-refractivity contribution is -0.120. The number of carbonyl (C=O) groups is 2. The number of nitrogens with zero attached hydrogens (tertiary/aromatic N) is 3. The van der Waals surface area contributed by atoms with Crippen molar-refractivity contribution in [3.8, 4) is 5.75 Å². The average Bonchev–Trinajstić information content (AvgIpc) is 3.57. The van der Waals surface area contributed by atoms with Crippen molar-refractivity contribution in [1.29, 1.82) is 0 Å². The molecule has 0 unspecified atom stereocenters. The fraction of sp³-hybridized carbons (Fsp3) is 0.500. The van der Waals surface area contributed by atoms with Crippen LogP contribution >= 0.6 is 0 Å². The minimum atomic E-state index is -0.997. The Labute approximate surface area is 196 Å². The summed E-state index contributed by atoms with van der Waals surface area (Å²) in [4.78, 5) is 33.6. The highest BCUT2D eigenvalue weighted by molar-refractivity contribution is 5.97. The number of aromatic nitrogens is 1. The summed E-state index contributed by atoms with van der Waals surface area (Å²) in [6.07, 6.45) is 2.24. The summed E-state index contributed by atoms with van der Waals surface area (Å²) in [5.74, 6) is -0.00977. The molecule has 0 aliphatic heterocycles. The molecule has 1 heterocycles. The Morgan fingerprint density at radius 1 is 1.15 bits per heavy atom. The number of hydrogen-bond donors (Lipinski definition) is 2. The molecule has 0 saturated heterocycles. The fourth-order valence-corrected chi connectivity index (χ4v) is 4.45. The maximum Gasteiger partial charge on any atom is 0.408 e. The summed E-state index contributed by atoms with van der Waals surface area (Å²) < 4.78 is 0. The van der Waals surface area contributed by atoms with Crippen LogP contribution in [0.15, 0.2) is 48.7 Å². The number of anilines is 1. The molecule has 7 heteroatoms. The van der Waals surface area contributed by atoms with Crippen LogP contribution < -0.4 is 4.90 Å². The quantitative estimate of drug-likeness (QED) is 0.579. The number of carbonyl (C=O) groups excluding carboxylic acids is 1. The highest BCUT2D eigenvalue weighted by Crippen LogP contribution is 2.48. The number of phenolic OH excluding ortho intramolecular Hbond substituents is 1. The third-order valence-corrected chi connectivity index (χ3v) is 6.53. The lowest BCUT2D eigenvalue weighted by atomic mass is 9.92. The Morgan fingerprint density at radius 3 is 2.33 bits per heavy atom. The number of rotatable bonds is 8. The van der Waals surface area contributed by atoms with Gasteiger partial charge in [0.2, 0.25) is 5.91 Å². The highest BCUT2D eigenvalue weighted by Gasteiger charge is 2.48. The zero-order valence-electron chi connectivity index (χ0n) is 20.1. The number of phenols is 1. The van der Waals surface area contributed by atoms with Crippen LogP contribution in [0.5, 0.6) is 5.75 Å². The van der Waals surface area contributed by atoms with Crippen molar-refractivity contribution in [2.75, 3.05) is 11.4 Å². The van der Waals surface area contributed by atoms with Gasteiger partial charge in [0.05, 0.1) is 6.04 Å². The van der Waals surface area contributed by atoms with Crippen LogP contribution in [0.3, 0.4) is 0 Å². The van der Waals surface area contributed by atoms with Crippen LogP contribution in [0.25, 0.3) is 0 Å². The second-order valence-electron chi connectivity index (χ2n) is 9.94. The van der Waals surface area contributed by atoms with Crippen LogP contribution in [0, 0.1) is 11.8 Å². The van der Waals surface area contributed by atoms with Crippen LogP contribution in [0.2, 0.25) is 0 Å². The monoisotopic (exact) mass is 453 g/mol. The van der Waals surface area contributed by atoms with Gasteiger partial charge in [-0.15, -0.1) is 0 Å². The molecule has 0 radical (unpaired) electrons. The Morgan fingerprint density at radius 2 is 1.82 bits per heavy atom. The molecule has 1 aliphatic rings. The van der Waals surface area contributed by atoms with Gasteiger partial charge in [-0.25, -0.2) is 4.79 Å². The largest absolute Gasteiger partial charge is 0.508 e. The first-order chi connectivity index (χ1) is 15.5. The summed E-state index contributed by atoms with van der Waals surface area (Å²) in [5.41, 5.74) is 0.929. The normalized spacial score (nSPS) is 19.4. The van der Waals surface area contributed by atoms with Gasteiger partial charge < -0.3 is 15.1 Å². The van der Waals surface area contributed by atoms with Gasteiger partial charge in [-0.2, -0.15) is 0 Å². The number of pyridine rings is 1. The van der Waals surface area contributed by atoms with E-state index in [1.807, 2.05) is 52.8 Å². The van der Waals surface area contributed by atoms with Gasteiger partial charge >= 0.3 is 6.09 Å². The molecule has 0 spiro atoms. The molecule has 1 aromatic carbocycles. The summed E-state index contributed by atoms with van der Waals surface area (Å²) in [6, 6.07) is 11.9. The topological polar surface area (TPSA) is 94.0 Å². The first-order valence-electron chi connectivity index (χ1n) is 11.6. The Kier molecular flexibility index (Phi) is 7.30. The molecule has 178 valence electrons. The zero-order chi connectivity index (χ0) is 24.3. The van der Waals surface area contributed by atoms with Gasteiger partial charge in [0.15, 0.2) is 0 Å². The number of carboxylic acid groups (broad SMARTS) is 1. The number of benzene rings is 1. The number of aromatic hydroxyl groups is 1. The zero-order valence-corrected chi connectivity index (χ0v) is 20.1. The molecular weight excluding hydrogens is 418 g/mol. The molecule has 7 nitrogen and oxygen atoms in total. The van der Waals surface area contributed by atoms with Gasteiger partial charge in [0, 0.05) is 41.5 Å². The Bertz CT molecular complexity index is 956. The summed E-state index contributed by atoms with van der Waals surface area (Å²) >= 11 is 0. The van der Waals surface area contributed by atoms with Crippen LogP contribution in [0.4, 0.5) is 10.5 Å². The van der Waals surface area contributed by atoms with E-state index in [9.17, 15) is 19.8 Å². The third kappa shape index (κ3) is 5.64. The van der Waals surface area contributed by atoms with E-state index in [0.29, 0.717) is 5.69 Å². The van der Waals surface area contributed by atoms with Gasteiger partial charge in [-0.1, -0.05) is 26.3 Å². The van der Waals surface area contributed by atoms with Crippen LogP contribution in [-0.4, -0.2) is 50.2 Å². The summed E-state index contributed by atoms with van der Waals surface area (Å²) in [7, 11) is 0. The van der Waals surface area contributed by atoms with Crippen molar-refractivity contribution in [2.24, 2.45) is 11.8 Å². The van der Waals surface area contributed by atoms with E-state index in [1.165, 1.54) is 4.90 Å². The predicted molar refractivity (Wildman–Crippen MR) is 128 cm³/mol. The second kappa shape index (κ2) is 9.81. The van der Waals surface area contributed by atoms with Gasteiger partial charge in [-0.3, -0.25) is 14.7 Å². The molecule has 3 rings (SSSR count). The SMILES string of the molecule is CC[C@H](C)[C@@H](CN(C(=O)[C@@H]1C[C@H]1c1ccccn1)c1ccc(O)cc1)N(C(=O)O)C(C)(C)C. The van der Waals surface area contributed by atoms with E-state index >= 15 is 0 Å². The van der Waals surface area contributed by atoms with Crippen molar-refractivity contribution in [3.05, 3.63) is 54.4 Å². The molecule has 0 bridgehead atoms. The van der Waals surface area contributed by atoms with E-state index in [0.717, 1.165) is 18.5 Å². The Hall–Kier alpha value is -3.09. The van der Waals surface area contributed by atoms with Gasteiger partial charge in [0.25, 0.3) is 0 Å². The van der Waals surface area contributed by atoms with Crippen molar-refractivity contribution < 1.29 is 19.8 Å². The van der Waals surface area contributed by atoms with Crippen molar-refractivity contribution >= 4 is 17.7 Å².